The molecule has 0 aliphatic heterocycles. The van der Waals surface area contributed by atoms with Crippen LogP contribution in [-0.4, -0.2) is 4.92 Å². The highest BCUT2D eigenvalue weighted by Crippen LogP contribution is 2.23. The van der Waals surface area contributed by atoms with Crippen LogP contribution < -0.4 is 0 Å². The summed E-state index contributed by atoms with van der Waals surface area (Å²) in [5, 5.41) is 10.8. The van der Waals surface area contributed by atoms with E-state index in [2.05, 4.69) is 6.07 Å². The van der Waals surface area contributed by atoms with Crippen LogP contribution in [0.2, 0.25) is 0 Å². The van der Waals surface area contributed by atoms with Crippen LogP contribution >= 0.6 is 0 Å². The van der Waals surface area contributed by atoms with Crippen molar-refractivity contribution in [3.8, 4) is 0 Å². The zero-order valence-corrected chi connectivity index (χ0v) is 8.89. The lowest BCUT2D eigenvalue weighted by Gasteiger charge is -2.04. The summed E-state index contributed by atoms with van der Waals surface area (Å²) in [5.41, 5.74) is 0.603. The molecule has 2 rings (SSSR count). The minimum atomic E-state index is -0.610. The van der Waals surface area contributed by atoms with Crippen molar-refractivity contribution in [3.05, 3.63) is 75.6 Å². The molecule has 0 saturated heterocycles. The molecule has 0 aromatic heterocycles. The Morgan fingerprint density at radius 3 is 2.59 bits per heavy atom. The molecule has 4 heteroatoms. The number of nitro groups is 1. The normalized spacial score (nSPS) is 10.2. The van der Waals surface area contributed by atoms with Gasteiger partial charge in [0, 0.05) is 6.42 Å². The molecule has 0 spiro atoms. The molecule has 0 unspecified atom stereocenters. The molecule has 0 amide bonds. The quantitative estimate of drug-likeness (QED) is 0.600. The van der Waals surface area contributed by atoms with Crippen LogP contribution in [0.3, 0.4) is 0 Å². The minimum absolute atomic E-state index is 0.0729. The van der Waals surface area contributed by atoms with E-state index in [1.807, 2.05) is 18.2 Å². The van der Waals surface area contributed by atoms with E-state index in [-0.39, 0.29) is 17.7 Å². The van der Waals surface area contributed by atoms with E-state index in [4.69, 9.17) is 0 Å². The van der Waals surface area contributed by atoms with Crippen LogP contribution in [0, 0.1) is 22.0 Å². The van der Waals surface area contributed by atoms with Crippen LogP contribution in [0.1, 0.15) is 11.1 Å². The highest BCUT2D eigenvalue weighted by molar-refractivity contribution is 5.42. The molecule has 2 aromatic rings. The highest BCUT2D eigenvalue weighted by Gasteiger charge is 2.17. The van der Waals surface area contributed by atoms with Crippen molar-refractivity contribution in [1.29, 1.82) is 0 Å². The summed E-state index contributed by atoms with van der Waals surface area (Å²) in [4.78, 5) is 10.2. The summed E-state index contributed by atoms with van der Waals surface area (Å²) in [6.45, 7) is 0. The predicted octanol–water partition coefficient (Wildman–Crippen LogP) is 3.12. The summed E-state index contributed by atoms with van der Waals surface area (Å²) in [5.74, 6) is -0.570. The maximum atomic E-state index is 13.6. The number of benzene rings is 2. The molecule has 1 radical (unpaired) electrons. The molecular formula is C13H9FNO2. The lowest BCUT2D eigenvalue weighted by molar-refractivity contribution is -0.386. The van der Waals surface area contributed by atoms with E-state index in [1.54, 1.807) is 12.1 Å². The zero-order chi connectivity index (χ0) is 12.3. The maximum Gasteiger partial charge on any atom is 0.283 e. The summed E-state index contributed by atoms with van der Waals surface area (Å²) < 4.78 is 13.6. The molecule has 0 N–H and O–H groups in total. The molecule has 0 fully saturated rings. The first kappa shape index (κ1) is 11.3. The highest BCUT2D eigenvalue weighted by atomic mass is 19.1. The number of nitrogens with zero attached hydrogens (tertiary/aromatic N) is 1. The van der Waals surface area contributed by atoms with Crippen LogP contribution in [-0.2, 0) is 6.42 Å². The monoisotopic (exact) mass is 230 g/mol. The summed E-state index contributed by atoms with van der Waals surface area (Å²) >= 11 is 0. The third-order valence-electron chi connectivity index (χ3n) is 2.43. The summed E-state index contributed by atoms with van der Waals surface area (Å²) in [6, 6.07) is 13.9. The van der Waals surface area contributed by atoms with Crippen molar-refractivity contribution in [2.24, 2.45) is 0 Å². The molecule has 85 valence electrons. The fourth-order valence-corrected chi connectivity index (χ4v) is 1.63. The SMILES string of the molecule is O=[N+]([O-])c1[c]ccc(F)c1Cc1ccccc1. The van der Waals surface area contributed by atoms with Gasteiger partial charge in [-0.15, -0.1) is 0 Å². The van der Waals surface area contributed by atoms with Crippen molar-refractivity contribution in [2.45, 2.75) is 6.42 Å². The number of hydrogen-bond donors (Lipinski definition) is 0. The topological polar surface area (TPSA) is 43.1 Å². The maximum absolute atomic E-state index is 13.6. The number of hydrogen-bond acceptors (Lipinski definition) is 2. The van der Waals surface area contributed by atoms with Gasteiger partial charge < -0.3 is 0 Å². The van der Waals surface area contributed by atoms with Gasteiger partial charge in [-0.25, -0.2) is 4.39 Å². The Morgan fingerprint density at radius 2 is 1.94 bits per heavy atom. The smallest absolute Gasteiger partial charge is 0.258 e. The van der Waals surface area contributed by atoms with Gasteiger partial charge in [0.1, 0.15) is 5.82 Å². The molecule has 0 atom stereocenters. The molecule has 0 heterocycles. The Morgan fingerprint density at radius 1 is 1.24 bits per heavy atom. The predicted molar refractivity (Wildman–Crippen MR) is 61.1 cm³/mol. The van der Waals surface area contributed by atoms with Crippen molar-refractivity contribution >= 4 is 5.69 Å². The molecule has 17 heavy (non-hydrogen) atoms. The van der Waals surface area contributed by atoms with E-state index in [0.717, 1.165) is 5.56 Å². The van der Waals surface area contributed by atoms with Crippen LogP contribution in [0.4, 0.5) is 10.1 Å². The van der Waals surface area contributed by atoms with Gasteiger partial charge >= 0.3 is 0 Å². The van der Waals surface area contributed by atoms with Gasteiger partial charge in [-0.3, -0.25) is 10.1 Å². The van der Waals surface area contributed by atoms with E-state index >= 15 is 0 Å². The fraction of sp³-hybridized carbons (Fsp3) is 0.0769. The first-order valence-corrected chi connectivity index (χ1v) is 5.06. The van der Waals surface area contributed by atoms with E-state index in [0.29, 0.717) is 0 Å². The second kappa shape index (κ2) is 4.74. The summed E-state index contributed by atoms with van der Waals surface area (Å²) in [7, 11) is 0. The average molecular weight is 230 g/mol. The Kier molecular flexibility index (Phi) is 3.14. The van der Waals surface area contributed by atoms with E-state index < -0.39 is 10.7 Å². The van der Waals surface area contributed by atoms with Crippen molar-refractivity contribution < 1.29 is 9.31 Å². The lowest BCUT2D eigenvalue weighted by Crippen LogP contribution is -2.00. The largest absolute Gasteiger partial charge is 0.283 e. The third kappa shape index (κ3) is 2.47. The molecule has 2 aromatic carbocycles. The van der Waals surface area contributed by atoms with Crippen molar-refractivity contribution in [3.63, 3.8) is 0 Å². The fourth-order valence-electron chi connectivity index (χ4n) is 1.63. The van der Waals surface area contributed by atoms with Gasteiger partial charge in [0.25, 0.3) is 5.69 Å². The van der Waals surface area contributed by atoms with E-state index in [9.17, 15) is 14.5 Å². The van der Waals surface area contributed by atoms with Gasteiger partial charge in [-0.1, -0.05) is 30.3 Å². The van der Waals surface area contributed by atoms with E-state index in [1.165, 1.54) is 12.1 Å². The average Bonchev–Trinajstić information content (AvgIpc) is 2.33. The van der Waals surface area contributed by atoms with Gasteiger partial charge in [-0.2, -0.15) is 0 Å². The zero-order valence-electron chi connectivity index (χ0n) is 8.89. The Labute approximate surface area is 97.7 Å². The van der Waals surface area contributed by atoms with Gasteiger partial charge in [0.15, 0.2) is 0 Å². The lowest BCUT2D eigenvalue weighted by atomic mass is 10.0. The Balaban J connectivity index is 2.41. The third-order valence-corrected chi connectivity index (χ3v) is 2.43. The minimum Gasteiger partial charge on any atom is -0.258 e. The second-order valence-electron chi connectivity index (χ2n) is 3.57. The standard InChI is InChI=1S/C13H9FNO2/c14-12-7-4-8-13(15(16)17)11(12)9-10-5-2-1-3-6-10/h1-7H,9H2. The first-order valence-electron chi connectivity index (χ1n) is 5.06. The second-order valence-corrected chi connectivity index (χ2v) is 3.57. The number of rotatable bonds is 3. The van der Waals surface area contributed by atoms with Gasteiger partial charge in [0.05, 0.1) is 16.6 Å². The first-order chi connectivity index (χ1) is 8.18. The van der Waals surface area contributed by atoms with Crippen LogP contribution in [0.15, 0.2) is 42.5 Å². The molecular weight excluding hydrogens is 221 g/mol. The van der Waals surface area contributed by atoms with Crippen molar-refractivity contribution in [2.75, 3.05) is 0 Å². The molecule has 0 saturated carbocycles. The number of nitro benzene ring substituents is 1. The number of halogens is 1. The molecule has 0 aliphatic carbocycles. The van der Waals surface area contributed by atoms with Crippen LogP contribution in [0.25, 0.3) is 0 Å². The Hall–Kier alpha value is -2.23. The molecule has 3 nitrogen and oxygen atoms in total. The molecule has 0 aliphatic rings. The van der Waals surface area contributed by atoms with Crippen LogP contribution in [0.5, 0.6) is 0 Å². The van der Waals surface area contributed by atoms with Gasteiger partial charge in [-0.05, 0) is 17.7 Å². The molecule has 0 bridgehead atoms. The van der Waals surface area contributed by atoms with Gasteiger partial charge in [0.2, 0.25) is 0 Å². The summed E-state index contributed by atoms with van der Waals surface area (Å²) in [6.07, 6.45) is 0.195. The Bertz CT molecular complexity index is 540. The van der Waals surface area contributed by atoms with Crippen molar-refractivity contribution in [1.82, 2.24) is 0 Å².